The van der Waals surface area contributed by atoms with E-state index < -0.39 is 6.04 Å². The van der Waals surface area contributed by atoms with E-state index >= 15 is 0 Å². The van der Waals surface area contributed by atoms with Crippen LogP contribution in [-0.4, -0.2) is 24.5 Å². The van der Waals surface area contributed by atoms with E-state index in [4.69, 9.17) is 13.9 Å². The van der Waals surface area contributed by atoms with Crippen LogP contribution in [0.4, 0.5) is 0 Å². The van der Waals surface area contributed by atoms with E-state index in [1.54, 1.807) is 19.2 Å². The monoisotopic (exact) mass is 455 g/mol. The summed E-state index contributed by atoms with van der Waals surface area (Å²) in [4.78, 5) is 28.0. The van der Waals surface area contributed by atoms with Crippen molar-refractivity contribution >= 4 is 16.9 Å². The lowest BCUT2D eigenvalue weighted by Gasteiger charge is -2.22. The van der Waals surface area contributed by atoms with Crippen LogP contribution >= 0.6 is 0 Å². The first-order valence-corrected chi connectivity index (χ1v) is 11.3. The summed E-state index contributed by atoms with van der Waals surface area (Å²) in [5, 5.41) is 0.472. The maximum absolute atomic E-state index is 13.5. The Kier molecular flexibility index (Phi) is 5.57. The SMILES string of the molecule is CCOc1cc(C2c3c(oc4ccc(C)cc4c3=O)C(=O)N2C)ccc1OCc1ccccc1. The predicted molar refractivity (Wildman–Crippen MR) is 130 cm³/mol. The summed E-state index contributed by atoms with van der Waals surface area (Å²) >= 11 is 0. The van der Waals surface area contributed by atoms with Crippen molar-refractivity contribution < 1.29 is 18.7 Å². The molecule has 34 heavy (non-hydrogen) atoms. The maximum atomic E-state index is 13.5. The molecule has 4 aromatic rings. The molecule has 2 heterocycles. The second kappa shape index (κ2) is 8.71. The van der Waals surface area contributed by atoms with Crippen LogP contribution in [0.15, 0.2) is 75.9 Å². The molecule has 1 atom stereocenters. The van der Waals surface area contributed by atoms with Gasteiger partial charge in [0.1, 0.15) is 12.2 Å². The van der Waals surface area contributed by atoms with Crippen LogP contribution in [0.1, 0.15) is 45.8 Å². The molecular weight excluding hydrogens is 430 g/mol. The quantitative estimate of drug-likeness (QED) is 0.397. The molecule has 5 rings (SSSR count). The molecule has 0 N–H and O–H groups in total. The minimum atomic E-state index is -0.578. The van der Waals surface area contributed by atoms with Gasteiger partial charge in [0.2, 0.25) is 5.76 Å². The van der Waals surface area contributed by atoms with Gasteiger partial charge < -0.3 is 18.8 Å². The van der Waals surface area contributed by atoms with Crippen LogP contribution < -0.4 is 14.9 Å². The highest BCUT2D eigenvalue weighted by Gasteiger charge is 2.41. The standard InChI is InChI=1S/C28H25NO5/c1-4-32-23-15-19(11-13-22(23)33-16-18-8-6-5-7-9-18)25-24-26(30)20-14-17(2)10-12-21(20)34-27(24)28(31)29(25)3/h5-15,25H,4,16H2,1-3H3. The van der Waals surface area contributed by atoms with Crippen LogP contribution in [0.25, 0.3) is 11.0 Å². The number of benzene rings is 3. The van der Waals surface area contributed by atoms with Crippen LogP contribution in [0.3, 0.4) is 0 Å². The van der Waals surface area contributed by atoms with Gasteiger partial charge in [-0.3, -0.25) is 9.59 Å². The number of carbonyl (C=O) groups excluding carboxylic acids is 1. The van der Waals surface area contributed by atoms with Gasteiger partial charge >= 0.3 is 0 Å². The van der Waals surface area contributed by atoms with Gasteiger partial charge in [-0.05, 0) is 49.2 Å². The Morgan fingerprint density at radius 3 is 2.50 bits per heavy atom. The maximum Gasteiger partial charge on any atom is 0.290 e. The van der Waals surface area contributed by atoms with E-state index in [0.717, 1.165) is 16.7 Å². The molecule has 0 aliphatic carbocycles. The fourth-order valence-corrected chi connectivity index (χ4v) is 4.41. The zero-order valence-corrected chi connectivity index (χ0v) is 19.3. The third kappa shape index (κ3) is 3.71. The highest BCUT2D eigenvalue weighted by atomic mass is 16.5. The van der Waals surface area contributed by atoms with Crippen molar-refractivity contribution in [3.05, 3.63) is 105 Å². The Morgan fingerprint density at radius 2 is 1.74 bits per heavy atom. The van der Waals surface area contributed by atoms with Crippen LogP contribution in [0, 0.1) is 6.92 Å². The summed E-state index contributed by atoms with van der Waals surface area (Å²) in [5.41, 5.74) is 3.33. The fraction of sp³-hybridized carbons (Fsp3) is 0.214. The predicted octanol–water partition coefficient (Wildman–Crippen LogP) is 5.25. The molecule has 1 amide bonds. The Balaban J connectivity index is 1.57. The van der Waals surface area contributed by atoms with Crippen LogP contribution in [0.2, 0.25) is 0 Å². The average molecular weight is 456 g/mol. The van der Waals surface area contributed by atoms with E-state index in [-0.39, 0.29) is 17.1 Å². The second-order valence-electron chi connectivity index (χ2n) is 8.41. The highest BCUT2D eigenvalue weighted by molar-refractivity contribution is 5.98. The summed E-state index contributed by atoms with van der Waals surface area (Å²) < 4.78 is 17.8. The number of nitrogens with zero attached hydrogens (tertiary/aromatic N) is 1. The van der Waals surface area contributed by atoms with Gasteiger partial charge in [-0.25, -0.2) is 0 Å². The van der Waals surface area contributed by atoms with Crippen molar-refractivity contribution in [2.75, 3.05) is 13.7 Å². The lowest BCUT2D eigenvalue weighted by molar-refractivity contribution is 0.0771. The number of aryl methyl sites for hydroxylation is 1. The molecule has 0 bridgehead atoms. The number of hydrogen-bond acceptors (Lipinski definition) is 5. The average Bonchev–Trinajstić information content (AvgIpc) is 3.10. The first-order valence-electron chi connectivity index (χ1n) is 11.3. The third-order valence-electron chi connectivity index (χ3n) is 6.08. The zero-order valence-electron chi connectivity index (χ0n) is 19.3. The van der Waals surface area contributed by atoms with Crippen LogP contribution in [0.5, 0.6) is 11.5 Å². The lowest BCUT2D eigenvalue weighted by Crippen LogP contribution is -2.25. The number of ether oxygens (including phenoxy) is 2. The minimum absolute atomic E-state index is 0.0937. The molecular formula is C28H25NO5. The van der Waals surface area contributed by atoms with Crippen molar-refractivity contribution in [3.63, 3.8) is 0 Å². The number of amides is 1. The second-order valence-corrected chi connectivity index (χ2v) is 8.41. The van der Waals surface area contributed by atoms with Gasteiger partial charge in [-0.1, -0.05) is 48.0 Å². The zero-order chi connectivity index (χ0) is 23.8. The van der Waals surface area contributed by atoms with E-state index in [0.29, 0.717) is 41.2 Å². The van der Waals surface area contributed by atoms with Crippen molar-refractivity contribution in [1.82, 2.24) is 4.90 Å². The number of hydrogen-bond donors (Lipinski definition) is 0. The van der Waals surface area contributed by atoms with E-state index in [1.807, 2.05) is 68.4 Å². The lowest BCUT2D eigenvalue weighted by atomic mass is 9.98. The fourth-order valence-electron chi connectivity index (χ4n) is 4.41. The summed E-state index contributed by atoms with van der Waals surface area (Å²) in [6.07, 6.45) is 0. The molecule has 1 aliphatic rings. The molecule has 1 aliphatic heterocycles. The van der Waals surface area contributed by atoms with Crippen molar-refractivity contribution in [2.45, 2.75) is 26.5 Å². The minimum Gasteiger partial charge on any atom is -0.490 e. The van der Waals surface area contributed by atoms with Gasteiger partial charge in [0.15, 0.2) is 16.9 Å². The Hall–Kier alpha value is -4.06. The smallest absolute Gasteiger partial charge is 0.290 e. The van der Waals surface area contributed by atoms with Crippen molar-refractivity contribution in [1.29, 1.82) is 0 Å². The van der Waals surface area contributed by atoms with E-state index in [1.165, 1.54) is 4.90 Å². The Labute approximate surface area is 197 Å². The number of rotatable bonds is 6. The topological polar surface area (TPSA) is 69.0 Å². The molecule has 3 aromatic carbocycles. The van der Waals surface area contributed by atoms with Gasteiger partial charge in [0, 0.05) is 7.05 Å². The first-order chi connectivity index (χ1) is 16.5. The molecule has 0 saturated carbocycles. The molecule has 172 valence electrons. The van der Waals surface area contributed by atoms with Crippen molar-refractivity contribution in [2.24, 2.45) is 0 Å². The molecule has 6 heteroatoms. The van der Waals surface area contributed by atoms with Crippen LogP contribution in [-0.2, 0) is 6.61 Å². The van der Waals surface area contributed by atoms with E-state index in [9.17, 15) is 9.59 Å². The summed E-state index contributed by atoms with van der Waals surface area (Å²) in [6.45, 7) is 4.67. The molecule has 0 radical (unpaired) electrons. The molecule has 6 nitrogen and oxygen atoms in total. The summed E-state index contributed by atoms with van der Waals surface area (Å²) in [5.74, 6) is 0.937. The molecule has 1 aromatic heterocycles. The molecule has 1 unspecified atom stereocenters. The van der Waals surface area contributed by atoms with E-state index in [2.05, 4.69) is 0 Å². The van der Waals surface area contributed by atoms with Gasteiger partial charge in [0.05, 0.1) is 23.6 Å². The first kappa shape index (κ1) is 21.8. The van der Waals surface area contributed by atoms with Crippen molar-refractivity contribution in [3.8, 4) is 11.5 Å². The number of fused-ring (bicyclic) bond motifs is 2. The van der Waals surface area contributed by atoms with Gasteiger partial charge in [-0.15, -0.1) is 0 Å². The molecule has 0 spiro atoms. The molecule has 0 saturated heterocycles. The largest absolute Gasteiger partial charge is 0.490 e. The van der Waals surface area contributed by atoms with Gasteiger partial charge in [0.25, 0.3) is 5.91 Å². The highest BCUT2D eigenvalue weighted by Crippen LogP contribution is 2.40. The number of carbonyl (C=O) groups is 1. The van der Waals surface area contributed by atoms with Gasteiger partial charge in [-0.2, -0.15) is 0 Å². The summed E-state index contributed by atoms with van der Waals surface area (Å²) in [6, 6.07) is 20.2. The Bertz CT molecular complexity index is 1440. The molecule has 0 fully saturated rings. The normalized spacial score (nSPS) is 15.0. The Morgan fingerprint density at radius 1 is 0.941 bits per heavy atom. The summed E-state index contributed by atoms with van der Waals surface area (Å²) in [7, 11) is 1.68. The third-order valence-corrected chi connectivity index (χ3v) is 6.08.